The number of phosphoric acid groups is 1. The van der Waals surface area contributed by atoms with Crippen LogP contribution in [0.2, 0.25) is 0 Å². The summed E-state index contributed by atoms with van der Waals surface area (Å²) in [5.74, 6) is -0.383. The Kier molecular flexibility index (Phi) is 33.2. The molecule has 0 spiro atoms. The van der Waals surface area contributed by atoms with Gasteiger partial charge in [-0.1, -0.05) is 137 Å². The van der Waals surface area contributed by atoms with Crippen molar-refractivity contribution in [1.82, 2.24) is 0 Å². The van der Waals surface area contributed by atoms with Gasteiger partial charge in [0, 0.05) is 6.42 Å². The van der Waals surface area contributed by atoms with Crippen molar-refractivity contribution in [3.8, 4) is 0 Å². The van der Waals surface area contributed by atoms with Crippen LogP contribution in [0.4, 0.5) is 0 Å². The van der Waals surface area contributed by atoms with Gasteiger partial charge in [-0.25, -0.2) is 4.57 Å². The number of nitrogens with zero attached hydrogens (tertiary/aromatic N) is 1. The van der Waals surface area contributed by atoms with Crippen LogP contribution in [-0.2, 0) is 23.1 Å². The highest BCUT2D eigenvalue weighted by molar-refractivity contribution is 7.47. The minimum Gasteiger partial charge on any atom is -0.463 e. The summed E-state index contributed by atoms with van der Waals surface area (Å²) in [4.78, 5) is 21.6. The second-order valence-corrected chi connectivity index (χ2v) is 15.2. The average molecular weight is 735 g/mol. The van der Waals surface area contributed by atoms with Crippen LogP contribution in [0.25, 0.3) is 0 Å². The fourth-order valence-electron chi connectivity index (χ4n) is 4.64. The number of quaternary nitrogens is 1. The molecular weight excluding hydrogens is 661 g/mol. The lowest BCUT2D eigenvalue weighted by Gasteiger charge is -2.24. The predicted octanol–water partition coefficient (Wildman–Crippen LogP) is 10.7. The normalized spacial score (nSPS) is 14.9. The smallest absolute Gasteiger partial charge is 0.463 e. The van der Waals surface area contributed by atoms with Crippen molar-refractivity contribution < 1.29 is 37.6 Å². The summed E-state index contributed by atoms with van der Waals surface area (Å²) in [5, 5.41) is 9.90. The number of carbonyl (C=O) groups excluding carboxylic acids is 1. The monoisotopic (exact) mass is 735 g/mol. The molecule has 2 unspecified atom stereocenters. The number of phosphoric ester groups is 1. The molecule has 2 N–H and O–H groups in total. The zero-order valence-corrected chi connectivity index (χ0v) is 33.4. The predicted molar refractivity (Wildman–Crippen MR) is 214 cm³/mol. The lowest BCUT2D eigenvalue weighted by atomic mass is 10.1. The molecule has 0 aromatic heterocycles. The first-order valence-electron chi connectivity index (χ1n) is 19.4. The highest BCUT2D eigenvalue weighted by atomic mass is 31.2. The summed E-state index contributed by atoms with van der Waals surface area (Å²) in [6.07, 6.45) is 48.9. The zero-order valence-electron chi connectivity index (χ0n) is 32.5. The van der Waals surface area contributed by atoms with E-state index < -0.39 is 20.5 Å². The van der Waals surface area contributed by atoms with Gasteiger partial charge in [0.1, 0.15) is 25.9 Å². The van der Waals surface area contributed by atoms with E-state index >= 15 is 0 Å². The van der Waals surface area contributed by atoms with Gasteiger partial charge >= 0.3 is 13.8 Å². The van der Waals surface area contributed by atoms with E-state index in [2.05, 4.69) is 92.0 Å². The molecule has 8 nitrogen and oxygen atoms in total. The Labute approximate surface area is 311 Å². The van der Waals surface area contributed by atoms with E-state index in [9.17, 15) is 19.4 Å². The Balaban J connectivity index is 3.56. The average Bonchev–Trinajstić information content (AvgIpc) is 3.08. The van der Waals surface area contributed by atoms with Gasteiger partial charge < -0.3 is 19.2 Å². The van der Waals surface area contributed by atoms with Crippen LogP contribution in [0.15, 0.2) is 85.1 Å². The standard InChI is InChI=1S/C42H72NO7P/c1-5-6-7-8-9-10-11-12-13-14-15-16-17-18-19-20-21-22-23-24-25-26-27-28-29-30-31-32-33-34-35-36-42(45)48-39-41(44)40-50-51(46,47)49-38-37-43(2,3)4/h6-7,9-10,12-13,15-16,18-19,21-22,24-25,41,44H,5,8,11,14,17,20,23,26-40H2,1-4H3/p+1/b7-6-,10-9-,13-12-,16-15-,19-18-,22-21-,25-24-. The van der Waals surface area contributed by atoms with Crippen molar-refractivity contribution in [2.45, 2.75) is 129 Å². The van der Waals surface area contributed by atoms with Gasteiger partial charge in [-0.2, -0.15) is 0 Å². The summed E-state index contributed by atoms with van der Waals surface area (Å²) >= 11 is 0. The van der Waals surface area contributed by atoms with E-state index in [0.29, 0.717) is 17.4 Å². The van der Waals surface area contributed by atoms with E-state index in [1.807, 2.05) is 21.1 Å². The van der Waals surface area contributed by atoms with Gasteiger partial charge in [0.2, 0.25) is 0 Å². The van der Waals surface area contributed by atoms with Crippen LogP contribution in [-0.4, -0.2) is 74.1 Å². The molecule has 0 radical (unpaired) electrons. The molecule has 0 aromatic rings. The van der Waals surface area contributed by atoms with E-state index in [4.69, 9.17) is 13.8 Å². The molecule has 0 amide bonds. The maximum atomic E-state index is 11.9. The summed E-state index contributed by atoms with van der Waals surface area (Å²) in [5.41, 5.74) is 0. The van der Waals surface area contributed by atoms with Crippen LogP contribution in [0.3, 0.4) is 0 Å². The van der Waals surface area contributed by atoms with Crippen LogP contribution < -0.4 is 0 Å². The van der Waals surface area contributed by atoms with Crippen LogP contribution in [0.1, 0.15) is 122 Å². The first-order chi connectivity index (χ1) is 24.6. The van der Waals surface area contributed by atoms with Crippen LogP contribution in [0.5, 0.6) is 0 Å². The van der Waals surface area contributed by atoms with Crippen molar-refractivity contribution in [2.24, 2.45) is 0 Å². The van der Waals surface area contributed by atoms with Crippen molar-refractivity contribution in [3.05, 3.63) is 85.1 Å². The SMILES string of the molecule is CC/C=C\C/C=C\C/C=C\C/C=C\C/C=C\C/C=C\C/C=C\CCCCCCCCCCCC(=O)OCC(O)COP(=O)(O)OCC[N+](C)(C)C. The number of ether oxygens (including phenoxy) is 1. The quantitative estimate of drug-likeness (QED) is 0.0223. The molecule has 0 rings (SSSR count). The lowest BCUT2D eigenvalue weighted by molar-refractivity contribution is -0.870. The van der Waals surface area contributed by atoms with Gasteiger partial charge in [0.25, 0.3) is 0 Å². The maximum absolute atomic E-state index is 11.9. The molecule has 0 heterocycles. The number of hydrogen-bond donors (Lipinski definition) is 2. The van der Waals surface area contributed by atoms with Crippen molar-refractivity contribution in [1.29, 1.82) is 0 Å². The zero-order chi connectivity index (χ0) is 37.7. The Morgan fingerprint density at radius 3 is 1.47 bits per heavy atom. The molecule has 0 saturated carbocycles. The largest absolute Gasteiger partial charge is 0.472 e. The first kappa shape index (κ1) is 48.7. The topological polar surface area (TPSA) is 102 Å². The maximum Gasteiger partial charge on any atom is 0.472 e. The second-order valence-electron chi connectivity index (χ2n) is 13.8. The fraction of sp³-hybridized carbons (Fsp3) is 0.643. The highest BCUT2D eigenvalue weighted by Gasteiger charge is 2.24. The van der Waals surface area contributed by atoms with Crippen LogP contribution in [0, 0.1) is 0 Å². The number of rotatable bonds is 34. The molecule has 0 aliphatic heterocycles. The molecular formula is C42H73NO7P+. The molecule has 9 heteroatoms. The molecule has 0 aliphatic rings. The third kappa shape index (κ3) is 40.3. The third-order valence-electron chi connectivity index (χ3n) is 7.67. The van der Waals surface area contributed by atoms with Crippen LogP contribution >= 0.6 is 7.82 Å². The van der Waals surface area contributed by atoms with E-state index in [0.717, 1.165) is 70.6 Å². The number of allylic oxidation sites excluding steroid dienone is 14. The van der Waals surface area contributed by atoms with Gasteiger partial charge in [-0.05, 0) is 64.2 Å². The summed E-state index contributed by atoms with van der Waals surface area (Å²) in [6.45, 7) is 2.00. The number of aliphatic hydroxyl groups is 1. The number of esters is 1. The van der Waals surface area contributed by atoms with Gasteiger partial charge in [0.15, 0.2) is 0 Å². The summed E-state index contributed by atoms with van der Waals surface area (Å²) in [7, 11) is 1.54. The summed E-state index contributed by atoms with van der Waals surface area (Å²) in [6, 6.07) is 0. The van der Waals surface area contributed by atoms with Gasteiger partial charge in [0.05, 0.1) is 27.7 Å². The molecule has 0 aliphatic carbocycles. The molecule has 0 aromatic carbocycles. The molecule has 51 heavy (non-hydrogen) atoms. The minimum atomic E-state index is -4.26. The Hall–Kier alpha value is -2.32. The third-order valence-corrected chi connectivity index (χ3v) is 8.65. The molecule has 0 bridgehead atoms. The fourth-order valence-corrected chi connectivity index (χ4v) is 5.38. The van der Waals surface area contributed by atoms with Gasteiger partial charge in [-0.3, -0.25) is 13.8 Å². The minimum absolute atomic E-state index is 0.0491. The number of unbranched alkanes of at least 4 members (excludes halogenated alkanes) is 9. The lowest BCUT2D eigenvalue weighted by Crippen LogP contribution is -2.37. The van der Waals surface area contributed by atoms with Crippen molar-refractivity contribution in [3.63, 3.8) is 0 Å². The number of likely N-dealkylation sites (N-methyl/N-ethyl adjacent to an activating group) is 1. The number of carbonyl (C=O) groups is 1. The van der Waals surface area contributed by atoms with Crippen molar-refractivity contribution in [2.75, 3.05) is 47.5 Å². The second kappa shape index (κ2) is 34.7. The Bertz CT molecular complexity index is 1090. The molecule has 0 fully saturated rings. The Morgan fingerprint density at radius 1 is 0.608 bits per heavy atom. The number of hydrogen-bond acceptors (Lipinski definition) is 6. The van der Waals surface area contributed by atoms with E-state index in [1.165, 1.54) is 38.5 Å². The van der Waals surface area contributed by atoms with Crippen molar-refractivity contribution >= 4 is 13.8 Å². The van der Waals surface area contributed by atoms with Gasteiger partial charge in [-0.15, -0.1) is 0 Å². The van der Waals surface area contributed by atoms with E-state index in [-0.39, 0.29) is 19.2 Å². The highest BCUT2D eigenvalue weighted by Crippen LogP contribution is 2.43. The molecule has 2 atom stereocenters. The molecule has 292 valence electrons. The van der Waals surface area contributed by atoms with E-state index in [1.54, 1.807) is 0 Å². The Morgan fingerprint density at radius 2 is 1.02 bits per heavy atom. The molecule has 0 saturated heterocycles. The summed E-state index contributed by atoms with van der Waals surface area (Å²) < 4.78 is 27.2. The number of aliphatic hydroxyl groups excluding tert-OH is 1. The first-order valence-corrected chi connectivity index (χ1v) is 20.9.